The molecule has 0 radical (unpaired) electrons. The normalized spacial score (nSPS) is 13.1. The van der Waals surface area contributed by atoms with Gasteiger partial charge in [-0.1, -0.05) is 25.6 Å². The number of hydrogen-bond acceptors (Lipinski definition) is 6. The molecule has 4 N–H and O–H groups in total. The van der Waals surface area contributed by atoms with Crippen molar-refractivity contribution >= 4 is 28.4 Å². The molecular formula is C21H29N5OS. The lowest BCUT2D eigenvalue weighted by atomic mass is 10.0. The molecular weight excluding hydrogens is 370 g/mol. The molecule has 0 aliphatic carbocycles. The van der Waals surface area contributed by atoms with Crippen LogP contribution in [0.4, 0.5) is 0 Å². The molecule has 1 aromatic heterocycles. The van der Waals surface area contributed by atoms with Crippen molar-refractivity contribution < 1.29 is 0 Å². The first-order valence-corrected chi connectivity index (χ1v) is 9.86. The molecule has 0 saturated carbocycles. The van der Waals surface area contributed by atoms with Crippen LogP contribution in [0.5, 0.6) is 0 Å². The van der Waals surface area contributed by atoms with Gasteiger partial charge in [-0.05, 0) is 56.7 Å². The van der Waals surface area contributed by atoms with Crippen LogP contribution in [0, 0.1) is 0 Å². The molecule has 0 amide bonds. The smallest absolute Gasteiger partial charge is 0.258 e. The van der Waals surface area contributed by atoms with Crippen LogP contribution >= 0.6 is 11.9 Å². The second kappa shape index (κ2) is 8.67. The number of aromatic nitrogens is 1. The molecule has 28 heavy (non-hydrogen) atoms. The molecule has 7 heteroatoms. The Kier molecular flexibility index (Phi) is 6.74. The summed E-state index contributed by atoms with van der Waals surface area (Å²) in [6, 6.07) is 7.47. The number of fused-ring (bicyclic) bond motifs is 1. The Morgan fingerprint density at radius 1 is 1.32 bits per heavy atom. The van der Waals surface area contributed by atoms with Crippen molar-refractivity contribution in [2.75, 3.05) is 0 Å². The predicted molar refractivity (Wildman–Crippen MR) is 121 cm³/mol. The minimum atomic E-state index is -0.0956. The molecule has 0 unspecified atom stereocenters. The van der Waals surface area contributed by atoms with Gasteiger partial charge in [0.05, 0.1) is 5.70 Å². The number of benzene rings is 1. The second-order valence-electron chi connectivity index (χ2n) is 7.55. The molecule has 1 heterocycles. The van der Waals surface area contributed by atoms with Gasteiger partial charge < -0.3 is 10.3 Å². The van der Waals surface area contributed by atoms with E-state index in [1.165, 1.54) is 17.0 Å². The molecule has 0 fully saturated rings. The van der Waals surface area contributed by atoms with Crippen LogP contribution in [-0.2, 0) is 7.05 Å². The van der Waals surface area contributed by atoms with Gasteiger partial charge in [0.2, 0.25) is 0 Å². The highest BCUT2D eigenvalue weighted by Crippen LogP contribution is 2.27. The first-order valence-electron chi connectivity index (χ1n) is 9.09. The van der Waals surface area contributed by atoms with E-state index in [1.54, 1.807) is 24.0 Å². The Labute approximate surface area is 170 Å². The highest BCUT2D eigenvalue weighted by Gasteiger charge is 2.17. The van der Waals surface area contributed by atoms with Gasteiger partial charge in [0.15, 0.2) is 0 Å². The maximum Gasteiger partial charge on any atom is 0.258 e. The minimum Gasteiger partial charge on any atom is -0.396 e. The van der Waals surface area contributed by atoms with Crippen molar-refractivity contribution in [2.45, 2.75) is 38.9 Å². The Morgan fingerprint density at radius 2 is 2.00 bits per heavy atom. The maximum atomic E-state index is 12.5. The fourth-order valence-electron chi connectivity index (χ4n) is 2.51. The number of hydrogen-bond donors (Lipinski definition) is 2. The standard InChI is InChI=1S/C21H29N5OS/c1-7-14(2)26(23)13-18(22)19(24-28-21(3,4)5)16-9-8-10-17-15(16)11-12-25(6)20(17)27/h8-13H,2,7,22-23H2,1,3-6H3/b18-13-,24-19+. The summed E-state index contributed by atoms with van der Waals surface area (Å²) in [6.45, 7) is 12.1. The van der Waals surface area contributed by atoms with E-state index in [0.29, 0.717) is 23.2 Å². The van der Waals surface area contributed by atoms with E-state index >= 15 is 0 Å². The Balaban J connectivity index is 2.68. The number of pyridine rings is 1. The molecule has 150 valence electrons. The maximum absolute atomic E-state index is 12.5. The van der Waals surface area contributed by atoms with Gasteiger partial charge in [0.1, 0.15) is 5.71 Å². The summed E-state index contributed by atoms with van der Waals surface area (Å²) in [5.41, 5.74) is 8.85. The van der Waals surface area contributed by atoms with E-state index in [4.69, 9.17) is 16.0 Å². The van der Waals surface area contributed by atoms with Gasteiger partial charge >= 0.3 is 0 Å². The van der Waals surface area contributed by atoms with Crippen LogP contribution in [0.3, 0.4) is 0 Å². The largest absolute Gasteiger partial charge is 0.396 e. The zero-order chi connectivity index (χ0) is 21.1. The van der Waals surface area contributed by atoms with Crippen molar-refractivity contribution in [3.8, 4) is 0 Å². The quantitative estimate of drug-likeness (QED) is 0.335. The van der Waals surface area contributed by atoms with E-state index in [9.17, 15) is 4.79 Å². The zero-order valence-corrected chi connectivity index (χ0v) is 18.0. The fourth-order valence-corrected chi connectivity index (χ4v) is 3.08. The van der Waals surface area contributed by atoms with E-state index in [1.807, 2.05) is 31.2 Å². The number of rotatable bonds is 6. The van der Waals surface area contributed by atoms with Crippen molar-refractivity contribution in [1.82, 2.24) is 9.58 Å². The molecule has 2 aromatic rings. The van der Waals surface area contributed by atoms with Gasteiger partial charge in [-0.25, -0.2) is 10.2 Å². The number of allylic oxidation sites excluding steroid dienone is 2. The van der Waals surface area contributed by atoms with E-state index in [-0.39, 0.29) is 10.3 Å². The molecule has 6 nitrogen and oxygen atoms in total. The average molecular weight is 400 g/mol. The minimum absolute atomic E-state index is 0.0652. The van der Waals surface area contributed by atoms with Crippen LogP contribution in [0.1, 0.15) is 39.7 Å². The van der Waals surface area contributed by atoms with E-state index in [0.717, 1.165) is 16.6 Å². The van der Waals surface area contributed by atoms with Crippen LogP contribution in [0.15, 0.2) is 63.8 Å². The first-order chi connectivity index (χ1) is 13.0. The second-order valence-corrected chi connectivity index (χ2v) is 9.14. The van der Waals surface area contributed by atoms with Gasteiger partial charge in [-0.2, -0.15) is 0 Å². The van der Waals surface area contributed by atoms with Gasteiger partial charge in [0, 0.05) is 40.8 Å². The van der Waals surface area contributed by atoms with Crippen molar-refractivity contribution in [1.29, 1.82) is 0 Å². The summed E-state index contributed by atoms with van der Waals surface area (Å²) in [4.78, 5) is 12.5. The Hall–Kier alpha value is -2.51. The van der Waals surface area contributed by atoms with Crippen LogP contribution < -0.4 is 17.1 Å². The third kappa shape index (κ3) is 5.05. The molecule has 0 aliphatic heterocycles. The predicted octanol–water partition coefficient (Wildman–Crippen LogP) is 3.67. The van der Waals surface area contributed by atoms with Crippen molar-refractivity contribution in [3.63, 3.8) is 0 Å². The summed E-state index contributed by atoms with van der Waals surface area (Å²) < 4.78 is 6.18. The Bertz CT molecular complexity index is 998. The fraction of sp³-hybridized carbons (Fsp3) is 0.333. The van der Waals surface area contributed by atoms with E-state index < -0.39 is 0 Å². The van der Waals surface area contributed by atoms with E-state index in [2.05, 4.69) is 27.4 Å². The topological polar surface area (TPSA) is 89.6 Å². The molecule has 0 spiro atoms. The lowest BCUT2D eigenvalue weighted by Crippen LogP contribution is -2.27. The highest BCUT2D eigenvalue weighted by molar-refractivity contribution is 7.99. The van der Waals surface area contributed by atoms with Gasteiger partial charge in [0.25, 0.3) is 5.56 Å². The SMILES string of the molecule is C=C(CC)N(N)/C=C(N)/C(=N/SC(C)(C)C)c1cccc2c(=O)n(C)ccc12. The summed E-state index contributed by atoms with van der Waals surface area (Å²) in [6.07, 6.45) is 4.07. The van der Waals surface area contributed by atoms with Crippen molar-refractivity contribution in [3.05, 3.63) is 70.6 Å². The number of aryl methyl sites for hydroxylation is 1. The average Bonchev–Trinajstić information content (AvgIpc) is 2.63. The lowest BCUT2D eigenvalue weighted by molar-refractivity contribution is 0.475. The molecule has 1 aromatic carbocycles. The highest BCUT2D eigenvalue weighted by atomic mass is 32.2. The molecule has 2 rings (SSSR count). The Morgan fingerprint density at radius 3 is 2.61 bits per heavy atom. The molecule has 0 bridgehead atoms. The van der Waals surface area contributed by atoms with Gasteiger partial charge in [-0.3, -0.25) is 9.80 Å². The van der Waals surface area contributed by atoms with Crippen LogP contribution in [0.2, 0.25) is 0 Å². The number of nitrogens with two attached hydrogens (primary N) is 2. The van der Waals surface area contributed by atoms with Gasteiger partial charge in [-0.15, -0.1) is 0 Å². The molecule has 0 atom stereocenters. The van der Waals surface area contributed by atoms with Crippen LogP contribution in [-0.4, -0.2) is 20.0 Å². The third-order valence-corrected chi connectivity index (χ3v) is 4.93. The third-order valence-electron chi connectivity index (χ3n) is 4.11. The van der Waals surface area contributed by atoms with Crippen LogP contribution in [0.25, 0.3) is 10.8 Å². The first kappa shape index (κ1) is 21.8. The molecule has 0 aliphatic rings. The zero-order valence-electron chi connectivity index (χ0n) is 17.2. The summed E-state index contributed by atoms with van der Waals surface area (Å²) in [5, 5.41) is 2.83. The van der Waals surface area contributed by atoms with Crippen molar-refractivity contribution in [2.24, 2.45) is 23.0 Å². The number of hydrazine groups is 1. The number of nitrogens with zero attached hydrogens (tertiary/aromatic N) is 3. The molecule has 0 saturated heterocycles. The monoisotopic (exact) mass is 399 g/mol. The summed E-state index contributed by atoms with van der Waals surface area (Å²) in [5.74, 6) is 6.05. The summed E-state index contributed by atoms with van der Waals surface area (Å²) >= 11 is 1.42. The summed E-state index contributed by atoms with van der Waals surface area (Å²) in [7, 11) is 1.73. The lowest BCUT2D eigenvalue weighted by Gasteiger charge is -2.19.